The molecule has 2 unspecified atom stereocenters. The van der Waals surface area contributed by atoms with Gasteiger partial charge in [0.2, 0.25) is 0 Å². The molecule has 16 heavy (non-hydrogen) atoms. The zero-order valence-electron chi connectivity index (χ0n) is 9.43. The maximum atomic E-state index is 11.1. The number of carboxylic acids is 1. The van der Waals surface area contributed by atoms with Crippen LogP contribution in [-0.2, 0) is 9.53 Å². The Morgan fingerprint density at radius 1 is 1.50 bits per heavy atom. The van der Waals surface area contributed by atoms with E-state index in [1.807, 2.05) is 0 Å². The number of rotatable bonds is 3. The van der Waals surface area contributed by atoms with Crippen LogP contribution in [0.15, 0.2) is 0 Å². The lowest BCUT2D eigenvalue weighted by molar-refractivity contribution is -0.143. The quantitative estimate of drug-likeness (QED) is 0.805. The van der Waals surface area contributed by atoms with E-state index in [2.05, 4.69) is 4.90 Å². The fraction of sp³-hybridized carbons (Fsp3) is 0.909. The van der Waals surface area contributed by atoms with Gasteiger partial charge in [0.25, 0.3) is 0 Å². The highest BCUT2D eigenvalue weighted by atomic mass is 32.2. The predicted molar refractivity (Wildman–Crippen MR) is 63.9 cm³/mol. The molecule has 2 aliphatic rings. The summed E-state index contributed by atoms with van der Waals surface area (Å²) in [6.45, 7) is 2.50. The van der Waals surface area contributed by atoms with Crippen LogP contribution in [0.2, 0.25) is 0 Å². The average Bonchev–Trinajstić information content (AvgIpc) is 2.31. The third-order valence-electron chi connectivity index (χ3n) is 3.24. The van der Waals surface area contributed by atoms with Crippen LogP contribution in [-0.4, -0.2) is 59.3 Å². The van der Waals surface area contributed by atoms with Crippen molar-refractivity contribution in [2.75, 3.05) is 31.2 Å². The molecule has 0 aromatic heterocycles. The van der Waals surface area contributed by atoms with Gasteiger partial charge in [-0.2, -0.15) is 11.8 Å². The van der Waals surface area contributed by atoms with Crippen molar-refractivity contribution in [2.24, 2.45) is 0 Å². The zero-order valence-corrected chi connectivity index (χ0v) is 10.2. The Morgan fingerprint density at radius 2 is 2.38 bits per heavy atom. The van der Waals surface area contributed by atoms with Gasteiger partial charge in [-0.15, -0.1) is 0 Å². The van der Waals surface area contributed by atoms with Crippen molar-refractivity contribution in [1.82, 2.24) is 4.90 Å². The van der Waals surface area contributed by atoms with E-state index in [0.29, 0.717) is 5.75 Å². The Labute approximate surface area is 100 Å². The number of hydrogen-bond donors (Lipinski definition) is 1. The summed E-state index contributed by atoms with van der Waals surface area (Å²) in [5.74, 6) is 1.06. The van der Waals surface area contributed by atoms with E-state index in [1.165, 1.54) is 6.42 Å². The summed E-state index contributed by atoms with van der Waals surface area (Å²) >= 11 is 1.73. The van der Waals surface area contributed by atoms with Crippen LogP contribution in [0.3, 0.4) is 0 Å². The molecule has 0 aliphatic carbocycles. The first kappa shape index (κ1) is 12.2. The van der Waals surface area contributed by atoms with Crippen molar-refractivity contribution < 1.29 is 14.6 Å². The van der Waals surface area contributed by atoms with Gasteiger partial charge in [-0.1, -0.05) is 0 Å². The Bertz CT molecular complexity index is 243. The van der Waals surface area contributed by atoms with E-state index in [-0.39, 0.29) is 12.1 Å². The molecule has 2 heterocycles. The van der Waals surface area contributed by atoms with Gasteiger partial charge in [-0.3, -0.25) is 9.69 Å². The number of nitrogens with zero attached hydrogens (tertiary/aromatic N) is 1. The molecule has 0 aromatic carbocycles. The maximum Gasteiger partial charge on any atom is 0.321 e. The lowest BCUT2D eigenvalue weighted by Crippen LogP contribution is -2.50. The molecule has 2 fully saturated rings. The van der Waals surface area contributed by atoms with Crippen molar-refractivity contribution in [2.45, 2.75) is 31.4 Å². The molecule has 4 nitrogen and oxygen atoms in total. The fourth-order valence-electron chi connectivity index (χ4n) is 2.30. The molecule has 2 rings (SSSR count). The third-order valence-corrected chi connectivity index (χ3v) is 4.26. The summed E-state index contributed by atoms with van der Waals surface area (Å²) in [6, 6.07) is -0.315. The van der Waals surface area contributed by atoms with Gasteiger partial charge in [0.05, 0.1) is 6.10 Å². The summed E-state index contributed by atoms with van der Waals surface area (Å²) in [7, 11) is 0. The first-order chi connectivity index (χ1) is 7.77. The lowest BCUT2D eigenvalue weighted by Gasteiger charge is -2.36. The molecule has 92 valence electrons. The number of thioether (sulfide) groups is 1. The summed E-state index contributed by atoms with van der Waals surface area (Å²) in [5.41, 5.74) is 0. The SMILES string of the molecule is O=C(O)C1CSCCN1CC1CCCCO1. The van der Waals surface area contributed by atoms with Gasteiger partial charge in [0, 0.05) is 31.2 Å². The molecule has 0 amide bonds. The van der Waals surface area contributed by atoms with E-state index in [1.54, 1.807) is 11.8 Å². The second-order valence-electron chi connectivity index (χ2n) is 4.41. The average molecular weight is 245 g/mol. The van der Waals surface area contributed by atoms with Crippen molar-refractivity contribution in [3.8, 4) is 0 Å². The van der Waals surface area contributed by atoms with Crippen LogP contribution < -0.4 is 0 Å². The highest BCUT2D eigenvalue weighted by molar-refractivity contribution is 7.99. The van der Waals surface area contributed by atoms with Gasteiger partial charge in [-0.25, -0.2) is 0 Å². The first-order valence-corrected chi connectivity index (χ1v) is 7.09. The zero-order chi connectivity index (χ0) is 11.4. The van der Waals surface area contributed by atoms with Gasteiger partial charge < -0.3 is 9.84 Å². The molecule has 0 radical (unpaired) electrons. The summed E-state index contributed by atoms with van der Waals surface area (Å²) < 4.78 is 5.67. The van der Waals surface area contributed by atoms with E-state index in [9.17, 15) is 4.79 Å². The molecule has 2 aliphatic heterocycles. The molecule has 5 heteroatoms. The molecule has 0 bridgehead atoms. The Kier molecular flexibility index (Phi) is 4.49. The molecule has 1 N–H and O–H groups in total. The Hall–Kier alpha value is -0.260. The van der Waals surface area contributed by atoms with E-state index in [4.69, 9.17) is 9.84 Å². The van der Waals surface area contributed by atoms with Crippen LogP contribution in [0.1, 0.15) is 19.3 Å². The van der Waals surface area contributed by atoms with Crippen molar-refractivity contribution in [3.63, 3.8) is 0 Å². The van der Waals surface area contributed by atoms with Crippen LogP contribution in [0, 0.1) is 0 Å². The normalized spacial score (nSPS) is 32.5. The van der Waals surface area contributed by atoms with Crippen LogP contribution in [0.4, 0.5) is 0 Å². The summed E-state index contributed by atoms with van der Waals surface area (Å²) in [5, 5.41) is 9.14. The molecular weight excluding hydrogens is 226 g/mol. The molecular formula is C11H19NO3S. The molecule has 0 spiro atoms. The van der Waals surface area contributed by atoms with E-state index < -0.39 is 5.97 Å². The van der Waals surface area contributed by atoms with Crippen molar-refractivity contribution in [3.05, 3.63) is 0 Å². The minimum atomic E-state index is -0.692. The largest absolute Gasteiger partial charge is 0.480 e. The second-order valence-corrected chi connectivity index (χ2v) is 5.56. The van der Waals surface area contributed by atoms with Gasteiger partial charge in [-0.05, 0) is 19.3 Å². The van der Waals surface area contributed by atoms with Crippen molar-refractivity contribution in [1.29, 1.82) is 0 Å². The Morgan fingerprint density at radius 3 is 3.06 bits per heavy atom. The Balaban J connectivity index is 1.87. The standard InChI is InChI=1S/C11H19NO3S/c13-11(14)10-8-16-6-4-12(10)7-9-3-1-2-5-15-9/h9-10H,1-8H2,(H,13,14). The number of hydrogen-bond acceptors (Lipinski definition) is 4. The first-order valence-electron chi connectivity index (χ1n) is 5.93. The fourth-order valence-corrected chi connectivity index (χ4v) is 3.40. The van der Waals surface area contributed by atoms with Gasteiger partial charge in [0.15, 0.2) is 0 Å². The highest BCUT2D eigenvalue weighted by Gasteiger charge is 2.30. The number of aliphatic carboxylic acids is 1. The molecule has 2 atom stereocenters. The maximum absolute atomic E-state index is 11.1. The summed E-state index contributed by atoms with van der Waals surface area (Å²) in [6.07, 6.45) is 3.69. The van der Waals surface area contributed by atoms with Gasteiger partial charge >= 0.3 is 5.97 Å². The third kappa shape index (κ3) is 3.12. The van der Waals surface area contributed by atoms with Crippen LogP contribution in [0.25, 0.3) is 0 Å². The lowest BCUT2D eigenvalue weighted by atomic mass is 10.1. The highest BCUT2D eigenvalue weighted by Crippen LogP contribution is 2.20. The topological polar surface area (TPSA) is 49.8 Å². The minimum Gasteiger partial charge on any atom is -0.480 e. The number of carbonyl (C=O) groups is 1. The van der Waals surface area contributed by atoms with Crippen LogP contribution in [0.5, 0.6) is 0 Å². The van der Waals surface area contributed by atoms with Gasteiger partial charge in [0.1, 0.15) is 6.04 Å². The van der Waals surface area contributed by atoms with Crippen molar-refractivity contribution >= 4 is 17.7 Å². The van der Waals surface area contributed by atoms with E-state index >= 15 is 0 Å². The predicted octanol–water partition coefficient (Wildman–Crippen LogP) is 1.06. The smallest absolute Gasteiger partial charge is 0.321 e. The molecule has 0 saturated carbocycles. The van der Waals surface area contributed by atoms with E-state index in [0.717, 1.165) is 38.3 Å². The molecule has 0 aromatic rings. The second kappa shape index (κ2) is 5.89. The molecule has 2 saturated heterocycles. The monoisotopic (exact) mass is 245 g/mol. The van der Waals surface area contributed by atoms with Crippen LogP contribution >= 0.6 is 11.8 Å². The minimum absolute atomic E-state index is 0.249. The number of carboxylic acid groups (broad SMARTS) is 1. The number of ether oxygens (including phenoxy) is 1. The summed E-state index contributed by atoms with van der Waals surface area (Å²) in [4.78, 5) is 13.2.